The van der Waals surface area contributed by atoms with E-state index in [2.05, 4.69) is 18.5 Å². The first kappa shape index (κ1) is 15.7. The lowest BCUT2D eigenvalue weighted by molar-refractivity contribution is 0.610. The van der Waals surface area contributed by atoms with Crippen LogP contribution in [0.25, 0.3) is 5.57 Å². The molecule has 4 rings (SSSR count). The van der Waals surface area contributed by atoms with Crippen molar-refractivity contribution in [2.24, 2.45) is 0 Å². The van der Waals surface area contributed by atoms with Crippen LogP contribution in [0.4, 0.5) is 10.1 Å². The molecule has 2 aliphatic rings. The summed E-state index contributed by atoms with van der Waals surface area (Å²) in [7, 11) is 0. The molecule has 0 radical (unpaired) electrons. The van der Waals surface area contributed by atoms with Gasteiger partial charge in [-0.25, -0.2) is 4.39 Å². The first-order valence-electron chi connectivity index (χ1n) is 7.89. The monoisotopic (exact) mass is 359 g/mol. The van der Waals surface area contributed by atoms with Crippen molar-refractivity contribution in [3.63, 3.8) is 0 Å². The highest BCUT2D eigenvalue weighted by Crippen LogP contribution is 2.51. The summed E-state index contributed by atoms with van der Waals surface area (Å²) in [6.45, 7) is 8.26. The molecule has 1 unspecified atom stereocenters. The van der Waals surface area contributed by atoms with Gasteiger partial charge in [0.2, 0.25) is 0 Å². The van der Waals surface area contributed by atoms with Gasteiger partial charge in [-0.15, -0.1) is 0 Å². The zero-order valence-electron chi connectivity index (χ0n) is 13.0. The molecule has 1 heterocycles. The Balaban J connectivity index is 1.75. The molecule has 0 saturated heterocycles. The van der Waals surface area contributed by atoms with E-state index in [0.717, 1.165) is 46.5 Å². The van der Waals surface area contributed by atoms with E-state index >= 15 is 0 Å². The second kappa shape index (κ2) is 5.65. The maximum Gasteiger partial charge on any atom is 0.127 e. The zero-order valence-corrected chi connectivity index (χ0v) is 14.5. The van der Waals surface area contributed by atoms with Crippen molar-refractivity contribution in [3.05, 3.63) is 81.7 Å². The van der Waals surface area contributed by atoms with Gasteiger partial charge in [0.25, 0.3) is 0 Å². The van der Waals surface area contributed by atoms with Crippen molar-refractivity contribution in [2.45, 2.75) is 24.7 Å². The summed E-state index contributed by atoms with van der Waals surface area (Å²) in [6, 6.07) is 8.89. The number of hydrogen-bond donors (Lipinski definition) is 1. The van der Waals surface area contributed by atoms with Gasteiger partial charge >= 0.3 is 0 Å². The van der Waals surface area contributed by atoms with E-state index in [-0.39, 0.29) is 11.7 Å². The normalized spacial score (nSPS) is 19.1. The molecule has 0 bridgehead atoms. The summed E-state index contributed by atoms with van der Waals surface area (Å²) in [5.74, 6) is -0.00749. The van der Waals surface area contributed by atoms with Gasteiger partial charge in [-0.3, -0.25) is 0 Å². The first-order valence-corrected chi connectivity index (χ1v) is 8.65. The predicted molar refractivity (Wildman–Crippen MR) is 99.4 cm³/mol. The summed E-state index contributed by atoms with van der Waals surface area (Å²) >= 11 is 12.6. The van der Waals surface area contributed by atoms with Gasteiger partial charge in [-0.2, -0.15) is 0 Å². The Morgan fingerprint density at radius 2 is 1.83 bits per heavy atom. The fraction of sp³-hybridized carbons (Fsp3) is 0.200. The smallest absolute Gasteiger partial charge is 0.127 e. The molecule has 4 heteroatoms. The molecule has 1 aliphatic carbocycles. The van der Waals surface area contributed by atoms with Crippen LogP contribution in [-0.2, 0) is 0 Å². The van der Waals surface area contributed by atoms with Crippen molar-refractivity contribution in [1.29, 1.82) is 0 Å². The number of rotatable bonds is 3. The zero-order chi connectivity index (χ0) is 17.0. The minimum Gasteiger partial charge on any atom is -0.357 e. The van der Waals surface area contributed by atoms with Crippen LogP contribution in [0, 0.1) is 5.82 Å². The fourth-order valence-electron chi connectivity index (χ4n) is 3.39. The quantitative estimate of drug-likeness (QED) is 0.639. The van der Waals surface area contributed by atoms with E-state index in [1.807, 2.05) is 12.1 Å². The van der Waals surface area contributed by atoms with Crippen LogP contribution in [0.5, 0.6) is 0 Å². The minimum absolute atomic E-state index is 0.162. The molecule has 1 nitrogen and oxygen atoms in total. The van der Waals surface area contributed by atoms with Crippen LogP contribution in [0.1, 0.15) is 41.4 Å². The maximum absolute atomic E-state index is 14.4. The molecular weight excluding hydrogens is 344 g/mol. The molecule has 1 atom stereocenters. The van der Waals surface area contributed by atoms with Crippen molar-refractivity contribution in [3.8, 4) is 0 Å². The van der Waals surface area contributed by atoms with Crippen LogP contribution < -0.4 is 5.32 Å². The van der Waals surface area contributed by atoms with Gasteiger partial charge in [0.1, 0.15) is 5.82 Å². The Morgan fingerprint density at radius 1 is 1.12 bits per heavy atom. The molecule has 1 aliphatic heterocycles. The van der Waals surface area contributed by atoms with E-state index < -0.39 is 0 Å². The third-order valence-electron chi connectivity index (χ3n) is 4.80. The van der Waals surface area contributed by atoms with Crippen molar-refractivity contribution in [2.75, 3.05) is 5.32 Å². The Bertz CT molecular complexity index is 883. The molecule has 0 aromatic heterocycles. The summed E-state index contributed by atoms with van der Waals surface area (Å²) in [5, 5.41) is 4.38. The van der Waals surface area contributed by atoms with Crippen molar-refractivity contribution in [1.82, 2.24) is 0 Å². The molecule has 0 spiro atoms. The van der Waals surface area contributed by atoms with Crippen molar-refractivity contribution >= 4 is 34.5 Å². The molecule has 122 valence electrons. The van der Waals surface area contributed by atoms with E-state index in [1.165, 1.54) is 0 Å². The molecular formula is C20H16Cl2FN. The summed E-state index contributed by atoms with van der Waals surface area (Å²) in [5.41, 5.74) is 4.68. The molecule has 2 aromatic rings. The molecule has 0 amide bonds. The summed E-state index contributed by atoms with van der Waals surface area (Å²) in [4.78, 5) is 0. The summed E-state index contributed by atoms with van der Waals surface area (Å²) < 4.78 is 14.4. The number of benzene rings is 2. The number of fused-ring (bicyclic) bond motifs is 1. The molecule has 24 heavy (non-hydrogen) atoms. The maximum atomic E-state index is 14.4. The average molecular weight is 360 g/mol. The predicted octanol–water partition coefficient (Wildman–Crippen LogP) is 6.75. The topological polar surface area (TPSA) is 12.0 Å². The number of anilines is 1. The number of halogens is 3. The lowest BCUT2D eigenvalue weighted by Gasteiger charge is -2.17. The Morgan fingerprint density at radius 3 is 2.50 bits per heavy atom. The Labute approximate surface area is 150 Å². The average Bonchev–Trinajstić information content (AvgIpc) is 3.32. The van der Waals surface area contributed by atoms with E-state index in [9.17, 15) is 4.39 Å². The highest BCUT2D eigenvalue weighted by atomic mass is 35.5. The van der Waals surface area contributed by atoms with Crippen LogP contribution in [-0.4, -0.2) is 0 Å². The molecule has 1 N–H and O–H groups in total. The number of hydrogen-bond acceptors (Lipinski definition) is 1. The number of allylic oxidation sites excluding steroid dienone is 1. The van der Waals surface area contributed by atoms with Crippen LogP contribution >= 0.6 is 23.2 Å². The molecule has 1 saturated carbocycles. The van der Waals surface area contributed by atoms with Crippen LogP contribution in [0.3, 0.4) is 0 Å². The standard InChI is InChI=1S/C20H16Cl2FN/c1-10(13-5-6-14(12-3-4-12)17(23)9-13)18-11(2)24-20-16(22)8-7-15(21)19(18)20/h5-9,12,18,24H,1-4H2. The molecule has 1 fully saturated rings. The second-order valence-corrected chi connectivity index (χ2v) is 7.25. The summed E-state index contributed by atoms with van der Waals surface area (Å²) in [6.07, 6.45) is 2.14. The third kappa shape index (κ3) is 2.45. The van der Waals surface area contributed by atoms with Gasteiger partial charge in [0.05, 0.1) is 16.6 Å². The largest absolute Gasteiger partial charge is 0.357 e. The van der Waals surface area contributed by atoms with Crippen molar-refractivity contribution < 1.29 is 4.39 Å². The highest BCUT2D eigenvalue weighted by molar-refractivity contribution is 6.36. The van der Waals surface area contributed by atoms with E-state index in [1.54, 1.807) is 18.2 Å². The Kier molecular flexibility index (Phi) is 3.70. The van der Waals surface area contributed by atoms with Gasteiger partial charge in [0, 0.05) is 16.3 Å². The Hall–Kier alpha value is -1.77. The molecule has 2 aromatic carbocycles. The van der Waals surface area contributed by atoms with E-state index in [0.29, 0.717) is 16.0 Å². The number of nitrogens with one attached hydrogen (secondary N) is 1. The SMILES string of the molecule is C=C1Nc2c(Cl)ccc(Cl)c2C1C(=C)c1ccc(C2CC2)c(F)c1. The highest BCUT2D eigenvalue weighted by Gasteiger charge is 2.33. The van der Waals surface area contributed by atoms with Gasteiger partial charge < -0.3 is 5.32 Å². The fourth-order valence-corrected chi connectivity index (χ4v) is 3.87. The minimum atomic E-state index is -0.225. The van der Waals surface area contributed by atoms with Gasteiger partial charge in [-0.05, 0) is 53.7 Å². The first-order chi connectivity index (χ1) is 11.5. The van der Waals surface area contributed by atoms with E-state index in [4.69, 9.17) is 23.2 Å². The van der Waals surface area contributed by atoms with Crippen LogP contribution in [0.2, 0.25) is 10.0 Å². The van der Waals surface area contributed by atoms with Crippen LogP contribution in [0.15, 0.2) is 49.2 Å². The lowest BCUT2D eigenvalue weighted by Crippen LogP contribution is -2.02. The van der Waals surface area contributed by atoms with Gasteiger partial charge in [0.15, 0.2) is 0 Å². The van der Waals surface area contributed by atoms with Gasteiger partial charge in [-0.1, -0.05) is 48.5 Å². The lowest BCUT2D eigenvalue weighted by atomic mass is 9.87. The third-order valence-corrected chi connectivity index (χ3v) is 5.45. The second-order valence-electron chi connectivity index (χ2n) is 6.44.